The second-order valence-electron chi connectivity index (χ2n) is 9.98. The first-order chi connectivity index (χ1) is 18.9. The molecular weight excluding hydrogens is 557 g/mol. The molecule has 1 saturated carbocycles. The first-order valence-corrected chi connectivity index (χ1v) is 12.9. The number of carbonyl (C=O) groups is 2. The maximum atomic E-state index is 14.7. The van der Waals surface area contributed by atoms with Crippen LogP contribution in [-0.4, -0.2) is 34.5 Å². The van der Waals surface area contributed by atoms with Crippen molar-refractivity contribution >= 4 is 29.1 Å². The zero-order chi connectivity index (χ0) is 28.8. The van der Waals surface area contributed by atoms with Gasteiger partial charge in [0.2, 0.25) is 0 Å². The van der Waals surface area contributed by atoms with Gasteiger partial charge in [0, 0.05) is 29.9 Å². The lowest BCUT2D eigenvalue weighted by Crippen LogP contribution is -2.45. The first kappa shape index (κ1) is 28.0. The molecule has 1 aromatic heterocycles. The molecule has 1 atom stereocenters. The van der Waals surface area contributed by atoms with Crippen molar-refractivity contribution in [1.82, 2.24) is 10.3 Å². The van der Waals surface area contributed by atoms with Gasteiger partial charge in [-0.25, -0.2) is 13.8 Å². The molecule has 2 N–H and O–H groups in total. The molecular formula is C28H23ClF5N3O3. The van der Waals surface area contributed by atoms with Crippen LogP contribution in [0.5, 0.6) is 0 Å². The Kier molecular flexibility index (Phi) is 7.30. The number of pyridine rings is 1. The summed E-state index contributed by atoms with van der Waals surface area (Å²) in [6.07, 6.45) is -2.11. The Balaban J connectivity index is 1.29. The van der Waals surface area contributed by atoms with E-state index in [0.29, 0.717) is 31.4 Å². The van der Waals surface area contributed by atoms with E-state index < -0.39 is 58.1 Å². The number of rotatable bonds is 5. The van der Waals surface area contributed by atoms with Gasteiger partial charge in [-0.3, -0.25) is 9.59 Å². The van der Waals surface area contributed by atoms with E-state index in [-0.39, 0.29) is 23.0 Å². The van der Waals surface area contributed by atoms with Crippen molar-refractivity contribution in [3.05, 3.63) is 93.8 Å². The normalized spacial score (nSPS) is 22.8. The minimum absolute atomic E-state index is 0.0802. The van der Waals surface area contributed by atoms with Crippen LogP contribution in [0.15, 0.2) is 54.7 Å². The highest BCUT2D eigenvalue weighted by Gasteiger charge is 2.53. The molecule has 2 aromatic carbocycles. The fourth-order valence-electron chi connectivity index (χ4n) is 5.51. The number of anilines is 1. The van der Waals surface area contributed by atoms with Crippen LogP contribution >= 0.6 is 11.6 Å². The van der Waals surface area contributed by atoms with Gasteiger partial charge < -0.3 is 15.3 Å². The van der Waals surface area contributed by atoms with Crippen LogP contribution < -0.4 is 10.2 Å². The average molecular weight is 580 g/mol. The number of fused-ring (bicyclic) bond motifs is 1. The number of carbonyl (C=O) groups excluding carboxylic acids is 2. The van der Waals surface area contributed by atoms with E-state index in [1.165, 1.54) is 23.1 Å². The van der Waals surface area contributed by atoms with Gasteiger partial charge in [0.25, 0.3) is 11.8 Å². The van der Waals surface area contributed by atoms with Gasteiger partial charge in [-0.1, -0.05) is 41.9 Å². The van der Waals surface area contributed by atoms with E-state index in [1.54, 1.807) is 18.2 Å². The number of para-hydroxylation sites is 1. The van der Waals surface area contributed by atoms with Crippen LogP contribution in [0.3, 0.4) is 0 Å². The van der Waals surface area contributed by atoms with Crippen LogP contribution in [0.2, 0.25) is 5.02 Å². The zero-order valence-electron chi connectivity index (χ0n) is 20.8. The monoisotopic (exact) mass is 579 g/mol. The second-order valence-corrected chi connectivity index (χ2v) is 10.4. The van der Waals surface area contributed by atoms with E-state index in [2.05, 4.69) is 10.3 Å². The standard InChI is InChI=1S/C28H23ClF5N3O3/c29-16-12-18(24(35-13-16)28(32,33)34)25(38)36-17-10-8-15(9-11-17)14-37-22-7-2-1-4-19(22)27(40,26(37)39)20-5-3-6-21(30)23(20)31/h1-7,12-13,15,17,40H,8-11,14H2,(H,36,38). The van der Waals surface area contributed by atoms with Crippen molar-refractivity contribution in [1.29, 1.82) is 0 Å². The highest BCUT2D eigenvalue weighted by Crippen LogP contribution is 2.46. The Bertz CT molecular complexity index is 1480. The maximum Gasteiger partial charge on any atom is 0.434 e. The molecule has 3 aromatic rings. The molecule has 0 radical (unpaired) electrons. The van der Waals surface area contributed by atoms with Crippen molar-refractivity contribution in [3.63, 3.8) is 0 Å². The van der Waals surface area contributed by atoms with Crippen molar-refractivity contribution in [2.45, 2.75) is 43.5 Å². The SMILES string of the molecule is O=C(NC1CCC(CN2C(=O)C(O)(c3cccc(F)c3F)c3ccccc32)CC1)c1cc(Cl)cnc1C(F)(F)F. The Morgan fingerprint density at radius 1 is 1.07 bits per heavy atom. The van der Waals surface area contributed by atoms with Gasteiger partial charge in [0.15, 0.2) is 22.9 Å². The number of hydrogen-bond donors (Lipinski definition) is 2. The average Bonchev–Trinajstić information content (AvgIpc) is 3.13. The Labute approximate surface area is 230 Å². The number of aliphatic hydroxyl groups is 1. The van der Waals surface area contributed by atoms with E-state index in [9.17, 15) is 36.6 Å². The number of nitrogens with zero attached hydrogens (tertiary/aromatic N) is 2. The third-order valence-electron chi connectivity index (χ3n) is 7.47. The lowest BCUT2D eigenvalue weighted by molar-refractivity contribution is -0.141. The number of amides is 2. The van der Waals surface area contributed by atoms with Gasteiger partial charge in [-0.05, 0) is 49.8 Å². The summed E-state index contributed by atoms with van der Waals surface area (Å²) in [5.74, 6) is -4.32. The molecule has 1 aliphatic carbocycles. The quantitative estimate of drug-likeness (QED) is 0.385. The topological polar surface area (TPSA) is 82.5 Å². The summed E-state index contributed by atoms with van der Waals surface area (Å²) in [6, 6.07) is 10.2. The highest BCUT2D eigenvalue weighted by molar-refractivity contribution is 6.30. The van der Waals surface area contributed by atoms with Crippen LogP contribution in [0, 0.1) is 17.6 Å². The van der Waals surface area contributed by atoms with Crippen LogP contribution in [-0.2, 0) is 16.6 Å². The van der Waals surface area contributed by atoms with E-state index >= 15 is 0 Å². The molecule has 6 nitrogen and oxygen atoms in total. The molecule has 1 fully saturated rings. The summed E-state index contributed by atoms with van der Waals surface area (Å²) >= 11 is 5.78. The van der Waals surface area contributed by atoms with E-state index in [1.807, 2.05) is 0 Å². The molecule has 2 amide bonds. The summed E-state index contributed by atoms with van der Waals surface area (Å²) in [5.41, 5.74) is -4.35. The number of hydrogen-bond acceptors (Lipinski definition) is 4. The fraction of sp³-hybridized carbons (Fsp3) is 0.321. The minimum atomic E-state index is -4.83. The van der Waals surface area contributed by atoms with Gasteiger partial charge in [-0.2, -0.15) is 13.2 Å². The van der Waals surface area contributed by atoms with Crippen molar-refractivity contribution in [2.75, 3.05) is 11.4 Å². The molecule has 1 aliphatic heterocycles. The fourth-order valence-corrected chi connectivity index (χ4v) is 5.67. The molecule has 0 spiro atoms. The highest BCUT2D eigenvalue weighted by atomic mass is 35.5. The molecule has 1 unspecified atom stereocenters. The minimum Gasteiger partial charge on any atom is -0.372 e. The third kappa shape index (κ3) is 4.92. The third-order valence-corrected chi connectivity index (χ3v) is 7.68. The van der Waals surface area contributed by atoms with Crippen molar-refractivity contribution < 1.29 is 36.6 Å². The molecule has 2 heterocycles. The Morgan fingerprint density at radius 2 is 1.75 bits per heavy atom. The lowest BCUT2D eigenvalue weighted by Gasteiger charge is -2.32. The van der Waals surface area contributed by atoms with Crippen LogP contribution in [0.4, 0.5) is 27.6 Å². The van der Waals surface area contributed by atoms with Gasteiger partial charge in [0.1, 0.15) is 0 Å². The van der Waals surface area contributed by atoms with Crippen molar-refractivity contribution in [2.24, 2.45) is 5.92 Å². The number of aromatic nitrogens is 1. The molecule has 210 valence electrons. The van der Waals surface area contributed by atoms with Gasteiger partial charge in [0.05, 0.1) is 16.3 Å². The van der Waals surface area contributed by atoms with Gasteiger partial charge in [-0.15, -0.1) is 0 Å². The maximum absolute atomic E-state index is 14.7. The smallest absolute Gasteiger partial charge is 0.372 e. The second kappa shape index (κ2) is 10.4. The Hall–Kier alpha value is -3.57. The molecule has 0 bridgehead atoms. The molecule has 5 rings (SSSR count). The first-order valence-electron chi connectivity index (χ1n) is 12.5. The molecule has 12 heteroatoms. The summed E-state index contributed by atoms with van der Waals surface area (Å²) in [5, 5.41) is 14.0. The molecule has 40 heavy (non-hydrogen) atoms. The predicted molar refractivity (Wildman–Crippen MR) is 136 cm³/mol. The predicted octanol–water partition coefficient (Wildman–Crippen LogP) is 5.60. The molecule has 0 saturated heterocycles. The van der Waals surface area contributed by atoms with Crippen LogP contribution in [0.1, 0.15) is 52.9 Å². The van der Waals surface area contributed by atoms with E-state index in [4.69, 9.17) is 11.6 Å². The Morgan fingerprint density at radius 3 is 2.45 bits per heavy atom. The number of halogens is 6. The van der Waals surface area contributed by atoms with Gasteiger partial charge >= 0.3 is 6.18 Å². The zero-order valence-corrected chi connectivity index (χ0v) is 21.6. The number of benzene rings is 2. The number of alkyl halides is 3. The molecule has 2 aliphatic rings. The summed E-state index contributed by atoms with van der Waals surface area (Å²) < 4.78 is 68.7. The summed E-state index contributed by atoms with van der Waals surface area (Å²) in [4.78, 5) is 30.9. The van der Waals surface area contributed by atoms with Crippen LogP contribution in [0.25, 0.3) is 0 Å². The van der Waals surface area contributed by atoms with E-state index in [0.717, 1.165) is 18.3 Å². The lowest BCUT2D eigenvalue weighted by atomic mass is 9.85. The van der Waals surface area contributed by atoms with Crippen molar-refractivity contribution in [3.8, 4) is 0 Å². The largest absolute Gasteiger partial charge is 0.434 e. The number of nitrogens with one attached hydrogen (secondary N) is 1. The summed E-state index contributed by atoms with van der Waals surface area (Å²) in [7, 11) is 0. The summed E-state index contributed by atoms with van der Waals surface area (Å²) in [6.45, 7) is 0.173.